The van der Waals surface area contributed by atoms with Gasteiger partial charge in [-0.05, 0) is 27.2 Å². The molecule has 0 spiro atoms. The number of rotatable bonds is 5. The highest BCUT2D eigenvalue weighted by atomic mass is 15.3. The van der Waals surface area contributed by atoms with Gasteiger partial charge in [-0.1, -0.05) is 6.92 Å². The zero-order chi connectivity index (χ0) is 12.3. The van der Waals surface area contributed by atoms with Crippen LogP contribution >= 0.6 is 0 Å². The molecule has 0 aliphatic heterocycles. The molecule has 2 atom stereocenters. The monoisotopic (exact) mass is 224 g/mol. The van der Waals surface area contributed by atoms with Crippen molar-refractivity contribution >= 4 is 0 Å². The van der Waals surface area contributed by atoms with Crippen LogP contribution < -0.4 is 11.1 Å². The number of nitrogens with one attached hydrogen (secondary N) is 1. The minimum absolute atomic E-state index is 0.236. The van der Waals surface area contributed by atoms with Crippen LogP contribution in [0.15, 0.2) is 0 Å². The van der Waals surface area contributed by atoms with Gasteiger partial charge in [-0.3, -0.25) is 4.68 Å². The molecule has 0 aromatic carbocycles. The van der Waals surface area contributed by atoms with E-state index in [-0.39, 0.29) is 6.04 Å². The summed E-state index contributed by atoms with van der Waals surface area (Å²) in [7, 11) is 1.98. The van der Waals surface area contributed by atoms with E-state index in [1.54, 1.807) is 0 Å². The van der Waals surface area contributed by atoms with E-state index in [2.05, 4.69) is 38.1 Å². The van der Waals surface area contributed by atoms with Gasteiger partial charge in [-0.2, -0.15) is 5.10 Å². The first-order valence-electron chi connectivity index (χ1n) is 5.96. The van der Waals surface area contributed by atoms with Gasteiger partial charge in [0.1, 0.15) is 0 Å². The Balaban J connectivity index is 2.69. The SMILES string of the molecule is CCC(N)CNC(C)c1c(C)nn(C)c1C. The highest BCUT2D eigenvalue weighted by Gasteiger charge is 2.16. The molecule has 1 rings (SSSR count). The molecule has 0 radical (unpaired) electrons. The highest BCUT2D eigenvalue weighted by Crippen LogP contribution is 2.20. The second kappa shape index (κ2) is 5.46. The summed E-state index contributed by atoms with van der Waals surface area (Å²) < 4.78 is 1.93. The molecule has 4 heteroatoms. The van der Waals surface area contributed by atoms with Gasteiger partial charge in [0.25, 0.3) is 0 Å². The lowest BCUT2D eigenvalue weighted by Gasteiger charge is -2.17. The third kappa shape index (κ3) is 2.83. The molecule has 0 fully saturated rings. The van der Waals surface area contributed by atoms with E-state index < -0.39 is 0 Å². The van der Waals surface area contributed by atoms with E-state index >= 15 is 0 Å². The minimum Gasteiger partial charge on any atom is -0.327 e. The molecule has 16 heavy (non-hydrogen) atoms. The van der Waals surface area contributed by atoms with Crippen molar-refractivity contribution in [3.05, 3.63) is 17.0 Å². The molecular weight excluding hydrogens is 200 g/mol. The third-order valence-corrected chi connectivity index (χ3v) is 3.21. The van der Waals surface area contributed by atoms with E-state index in [9.17, 15) is 0 Å². The summed E-state index contributed by atoms with van der Waals surface area (Å²) in [6.07, 6.45) is 1.00. The maximum absolute atomic E-state index is 5.90. The summed E-state index contributed by atoms with van der Waals surface area (Å²) >= 11 is 0. The van der Waals surface area contributed by atoms with Gasteiger partial charge < -0.3 is 11.1 Å². The second-order valence-corrected chi connectivity index (χ2v) is 4.51. The van der Waals surface area contributed by atoms with Gasteiger partial charge in [0.05, 0.1) is 5.69 Å². The van der Waals surface area contributed by atoms with Crippen molar-refractivity contribution in [1.29, 1.82) is 0 Å². The quantitative estimate of drug-likeness (QED) is 0.795. The van der Waals surface area contributed by atoms with E-state index in [4.69, 9.17) is 5.73 Å². The maximum Gasteiger partial charge on any atom is 0.0644 e. The first kappa shape index (κ1) is 13.2. The van der Waals surface area contributed by atoms with Gasteiger partial charge in [0, 0.05) is 36.9 Å². The number of hydrogen-bond acceptors (Lipinski definition) is 3. The van der Waals surface area contributed by atoms with Crippen LogP contribution in [0.2, 0.25) is 0 Å². The van der Waals surface area contributed by atoms with Crippen LogP contribution in [0.3, 0.4) is 0 Å². The summed E-state index contributed by atoms with van der Waals surface area (Å²) in [5.41, 5.74) is 9.52. The lowest BCUT2D eigenvalue weighted by molar-refractivity contribution is 0.505. The number of aromatic nitrogens is 2. The molecule has 4 nitrogen and oxygen atoms in total. The normalized spacial score (nSPS) is 15.1. The lowest BCUT2D eigenvalue weighted by atomic mass is 10.1. The average molecular weight is 224 g/mol. The van der Waals surface area contributed by atoms with Gasteiger partial charge in [-0.25, -0.2) is 0 Å². The Morgan fingerprint density at radius 3 is 2.50 bits per heavy atom. The summed E-state index contributed by atoms with van der Waals surface area (Å²) in [4.78, 5) is 0. The first-order valence-corrected chi connectivity index (χ1v) is 5.96. The summed E-state index contributed by atoms with van der Waals surface area (Å²) in [5, 5.41) is 7.89. The van der Waals surface area contributed by atoms with Gasteiger partial charge in [0.15, 0.2) is 0 Å². The Morgan fingerprint density at radius 1 is 1.44 bits per heavy atom. The van der Waals surface area contributed by atoms with E-state index in [0.29, 0.717) is 6.04 Å². The largest absolute Gasteiger partial charge is 0.327 e. The van der Waals surface area contributed by atoms with Crippen molar-refractivity contribution in [2.24, 2.45) is 12.8 Å². The molecule has 0 amide bonds. The number of aryl methyl sites for hydroxylation is 2. The van der Waals surface area contributed by atoms with Crippen LogP contribution in [0.25, 0.3) is 0 Å². The van der Waals surface area contributed by atoms with Crippen molar-refractivity contribution in [1.82, 2.24) is 15.1 Å². The molecule has 0 aliphatic rings. The number of nitrogens with zero attached hydrogens (tertiary/aromatic N) is 2. The fourth-order valence-electron chi connectivity index (χ4n) is 1.99. The Labute approximate surface area is 98.2 Å². The van der Waals surface area contributed by atoms with Crippen LogP contribution in [0.5, 0.6) is 0 Å². The smallest absolute Gasteiger partial charge is 0.0644 e. The fourth-order valence-corrected chi connectivity index (χ4v) is 1.99. The summed E-state index contributed by atoms with van der Waals surface area (Å²) in [5.74, 6) is 0. The van der Waals surface area contributed by atoms with E-state index in [0.717, 1.165) is 18.7 Å². The molecule has 0 saturated carbocycles. The van der Waals surface area contributed by atoms with Crippen LogP contribution in [0, 0.1) is 13.8 Å². The molecule has 1 aromatic rings. The molecule has 0 aliphatic carbocycles. The van der Waals surface area contributed by atoms with Gasteiger partial charge in [-0.15, -0.1) is 0 Å². The van der Waals surface area contributed by atoms with Crippen molar-refractivity contribution < 1.29 is 0 Å². The van der Waals surface area contributed by atoms with Gasteiger partial charge >= 0.3 is 0 Å². The van der Waals surface area contributed by atoms with E-state index in [1.807, 2.05) is 11.7 Å². The topological polar surface area (TPSA) is 55.9 Å². The van der Waals surface area contributed by atoms with Crippen molar-refractivity contribution in [2.75, 3.05) is 6.54 Å². The third-order valence-electron chi connectivity index (χ3n) is 3.21. The average Bonchev–Trinajstić information content (AvgIpc) is 2.49. The molecule has 2 unspecified atom stereocenters. The van der Waals surface area contributed by atoms with Crippen LogP contribution in [-0.4, -0.2) is 22.4 Å². The van der Waals surface area contributed by atoms with Crippen molar-refractivity contribution in [3.63, 3.8) is 0 Å². The standard InChI is InChI=1S/C12H24N4/c1-6-11(13)7-14-8(2)12-9(3)15-16(5)10(12)4/h8,11,14H,6-7,13H2,1-5H3. The predicted octanol–water partition coefficient (Wildman–Crippen LogP) is 1.42. The maximum atomic E-state index is 5.90. The molecule has 0 bridgehead atoms. The summed E-state index contributed by atoms with van der Waals surface area (Å²) in [6.45, 7) is 9.29. The van der Waals surface area contributed by atoms with Gasteiger partial charge in [0.2, 0.25) is 0 Å². The predicted molar refractivity (Wildman–Crippen MR) is 67.4 cm³/mol. The molecule has 0 saturated heterocycles. The Bertz CT molecular complexity index is 343. The van der Waals surface area contributed by atoms with E-state index in [1.165, 1.54) is 11.3 Å². The molecule has 3 N–H and O–H groups in total. The number of nitrogens with two attached hydrogens (primary N) is 1. The Hall–Kier alpha value is -0.870. The lowest BCUT2D eigenvalue weighted by Crippen LogP contribution is -2.34. The zero-order valence-corrected chi connectivity index (χ0v) is 11.0. The second-order valence-electron chi connectivity index (χ2n) is 4.51. The zero-order valence-electron chi connectivity index (χ0n) is 11.0. The van der Waals surface area contributed by atoms with Crippen molar-refractivity contribution in [3.8, 4) is 0 Å². The minimum atomic E-state index is 0.236. The number of hydrogen-bond donors (Lipinski definition) is 2. The Morgan fingerprint density at radius 2 is 2.06 bits per heavy atom. The molecule has 92 valence electrons. The van der Waals surface area contributed by atoms with Crippen LogP contribution in [0.4, 0.5) is 0 Å². The van der Waals surface area contributed by atoms with Crippen LogP contribution in [0.1, 0.15) is 43.3 Å². The first-order chi connectivity index (χ1) is 7.47. The molecular formula is C12H24N4. The van der Waals surface area contributed by atoms with Crippen LogP contribution in [-0.2, 0) is 7.05 Å². The fraction of sp³-hybridized carbons (Fsp3) is 0.750. The highest BCUT2D eigenvalue weighted by molar-refractivity contribution is 5.27. The molecule has 1 heterocycles. The summed E-state index contributed by atoms with van der Waals surface area (Å²) in [6, 6.07) is 0.547. The van der Waals surface area contributed by atoms with Crippen molar-refractivity contribution in [2.45, 2.75) is 46.2 Å². The molecule has 1 aromatic heterocycles. The Kier molecular flexibility index (Phi) is 4.50.